The highest BCUT2D eigenvalue weighted by Crippen LogP contribution is 2.31. The number of fused-ring (bicyclic) bond motifs is 1. The number of rotatable bonds is 7. The van der Waals surface area contributed by atoms with Crippen molar-refractivity contribution in [1.82, 2.24) is 9.88 Å². The zero-order valence-electron chi connectivity index (χ0n) is 17.3. The van der Waals surface area contributed by atoms with E-state index < -0.39 is 0 Å². The number of aryl methyl sites for hydroxylation is 1. The molecule has 1 amide bonds. The van der Waals surface area contributed by atoms with E-state index in [1.165, 1.54) is 23.9 Å². The van der Waals surface area contributed by atoms with Crippen molar-refractivity contribution < 1.29 is 13.9 Å². The number of carbonyl (C=O) groups is 1. The molecule has 166 valence electrons. The molecule has 0 bridgehead atoms. The number of halogens is 2. The van der Waals surface area contributed by atoms with Crippen LogP contribution in [0.15, 0.2) is 47.4 Å². The van der Waals surface area contributed by atoms with E-state index in [1.807, 2.05) is 25.1 Å². The predicted octanol–water partition coefficient (Wildman–Crippen LogP) is 4.62. The molecule has 31 heavy (non-hydrogen) atoms. The standard InChI is InChI=1S/C22H24FN3O2S2.ClH/c1-16-3-2-4-19-21(16)24-22(30-19)26(10-9-25-11-13-28-14-12-25)20(27)15-29-18-7-5-17(23)6-8-18;/h2-8H,9-15H2,1H3;1H. The van der Waals surface area contributed by atoms with E-state index in [2.05, 4.69) is 4.90 Å². The fourth-order valence-corrected chi connectivity index (χ4v) is 5.20. The van der Waals surface area contributed by atoms with Crippen LogP contribution in [0.5, 0.6) is 0 Å². The summed E-state index contributed by atoms with van der Waals surface area (Å²) in [5.41, 5.74) is 2.06. The second-order valence-corrected chi connectivity index (χ2v) is 9.22. The van der Waals surface area contributed by atoms with Crippen LogP contribution in [0.3, 0.4) is 0 Å². The Labute approximate surface area is 196 Å². The van der Waals surface area contributed by atoms with Gasteiger partial charge in [0.2, 0.25) is 5.91 Å². The third kappa shape index (κ3) is 6.17. The van der Waals surface area contributed by atoms with E-state index in [1.54, 1.807) is 28.4 Å². The molecule has 0 spiro atoms. The fraction of sp³-hybridized carbons (Fsp3) is 0.364. The van der Waals surface area contributed by atoms with Crippen molar-refractivity contribution in [2.75, 3.05) is 50.0 Å². The van der Waals surface area contributed by atoms with Crippen molar-refractivity contribution in [3.8, 4) is 0 Å². The number of thioether (sulfide) groups is 1. The summed E-state index contributed by atoms with van der Waals surface area (Å²) in [5, 5.41) is 0.734. The Kier molecular flexibility index (Phi) is 8.68. The van der Waals surface area contributed by atoms with Crippen molar-refractivity contribution in [3.05, 3.63) is 53.8 Å². The molecule has 2 heterocycles. The molecule has 2 aromatic carbocycles. The van der Waals surface area contributed by atoms with Crippen molar-refractivity contribution in [2.24, 2.45) is 0 Å². The minimum absolute atomic E-state index is 0. The van der Waals surface area contributed by atoms with Gasteiger partial charge in [-0.1, -0.05) is 23.5 Å². The number of morpholine rings is 1. The maximum Gasteiger partial charge on any atom is 0.239 e. The smallest absolute Gasteiger partial charge is 0.239 e. The lowest BCUT2D eigenvalue weighted by molar-refractivity contribution is -0.116. The van der Waals surface area contributed by atoms with E-state index in [-0.39, 0.29) is 29.9 Å². The monoisotopic (exact) mass is 481 g/mol. The highest BCUT2D eigenvalue weighted by molar-refractivity contribution is 8.00. The molecule has 0 N–H and O–H groups in total. The summed E-state index contributed by atoms with van der Waals surface area (Å²) in [6.07, 6.45) is 0. The Balaban J connectivity index is 0.00000272. The van der Waals surface area contributed by atoms with E-state index in [0.29, 0.717) is 6.54 Å². The molecule has 1 aliphatic heterocycles. The van der Waals surface area contributed by atoms with E-state index >= 15 is 0 Å². The molecule has 0 saturated carbocycles. The van der Waals surface area contributed by atoms with Gasteiger partial charge in [0.15, 0.2) is 5.13 Å². The van der Waals surface area contributed by atoms with E-state index in [9.17, 15) is 9.18 Å². The molecule has 0 radical (unpaired) electrons. The first kappa shape index (κ1) is 23.9. The molecule has 1 saturated heterocycles. The van der Waals surface area contributed by atoms with Gasteiger partial charge in [-0.15, -0.1) is 24.2 Å². The van der Waals surface area contributed by atoms with Gasteiger partial charge in [0.1, 0.15) is 5.82 Å². The Morgan fingerprint density at radius 3 is 2.68 bits per heavy atom. The molecule has 4 rings (SSSR count). The Morgan fingerprint density at radius 1 is 1.23 bits per heavy atom. The molecule has 9 heteroatoms. The lowest BCUT2D eigenvalue weighted by Gasteiger charge is -2.29. The van der Waals surface area contributed by atoms with Gasteiger partial charge in [0.05, 0.1) is 29.2 Å². The quantitative estimate of drug-likeness (QED) is 0.461. The lowest BCUT2D eigenvalue weighted by atomic mass is 10.2. The minimum Gasteiger partial charge on any atom is -0.379 e. The van der Waals surface area contributed by atoms with Gasteiger partial charge in [-0.3, -0.25) is 14.6 Å². The van der Waals surface area contributed by atoms with Gasteiger partial charge >= 0.3 is 0 Å². The first-order valence-corrected chi connectivity index (χ1v) is 11.8. The van der Waals surface area contributed by atoms with Crippen molar-refractivity contribution in [3.63, 3.8) is 0 Å². The number of aromatic nitrogens is 1. The lowest BCUT2D eigenvalue weighted by Crippen LogP contribution is -2.43. The number of carbonyl (C=O) groups excluding carboxylic acids is 1. The summed E-state index contributed by atoms with van der Waals surface area (Å²) in [6.45, 7) is 6.63. The number of para-hydroxylation sites is 1. The highest BCUT2D eigenvalue weighted by atomic mass is 35.5. The Morgan fingerprint density at radius 2 is 1.97 bits per heavy atom. The molecule has 3 aromatic rings. The average Bonchev–Trinajstić information content (AvgIpc) is 3.19. The molecular formula is C22H25ClFN3O2S2. The summed E-state index contributed by atoms with van der Waals surface area (Å²) in [6, 6.07) is 12.3. The highest BCUT2D eigenvalue weighted by Gasteiger charge is 2.22. The normalized spacial score (nSPS) is 14.4. The van der Waals surface area contributed by atoms with Crippen molar-refractivity contribution in [1.29, 1.82) is 0 Å². The second-order valence-electron chi connectivity index (χ2n) is 7.16. The second kappa shape index (κ2) is 11.2. The van der Waals surface area contributed by atoms with Gasteiger partial charge in [0.25, 0.3) is 0 Å². The fourth-order valence-electron chi connectivity index (χ4n) is 3.34. The van der Waals surface area contributed by atoms with Crippen LogP contribution >= 0.6 is 35.5 Å². The number of anilines is 1. The van der Waals surface area contributed by atoms with Crippen molar-refractivity contribution in [2.45, 2.75) is 11.8 Å². The van der Waals surface area contributed by atoms with Crippen LogP contribution in [0.4, 0.5) is 9.52 Å². The van der Waals surface area contributed by atoms with Gasteiger partial charge in [0, 0.05) is 31.1 Å². The average molecular weight is 482 g/mol. The van der Waals surface area contributed by atoms with Gasteiger partial charge in [-0.2, -0.15) is 0 Å². The predicted molar refractivity (Wildman–Crippen MR) is 128 cm³/mol. The van der Waals surface area contributed by atoms with Crippen molar-refractivity contribution >= 4 is 56.8 Å². The number of benzene rings is 2. The molecule has 0 atom stereocenters. The molecule has 5 nitrogen and oxygen atoms in total. The first-order valence-electron chi connectivity index (χ1n) is 9.95. The summed E-state index contributed by atoms with van der Waals surface area (Å²) in [4.78, 5) is 22.9. The van der Waals surface area contributed by atoms with Crippen LogP contribution in [-0.4, -0.2) is 60.9 Å². The number of hydrogen-bond donors (Lipinski definition) is 0. The molecular weight excluding hydrogens is 457 g/mol. The maximum absolute atomic E-state index is 13.2. The Hall–Kier alpha value is -1.71. The molecule has 1 fully saturated rings. The number of hydrogen-bond acceptors (Lipinski definition) is 6. The topological polar surface area (TPSA) is 45.7 Å². The van der Waals surface area contributed by atoms with Crippen LogP contribution in [0, 0.1) is 12.7 Å². The largest absolute Gasteiger partial charge is 0.379 e. The molecule has 0 unspecified atom stereocenters. The van der Waals surface area contributed by atoms with Crippen LogP contribution in [-0.2, 0) is 9.53 Å². The van der Waals surface area contributed by atoms with Crippen LogP contribution in [0.25, 0.3) is 10.2 Å². The number of amides is 1. The van der Waals surface area contributed by atoms with Gasteiger partial charge < -0.3 is 4.74 Å². The summed E-state index contributed by atoms with van der Waals surface area (Å²) in [7, 11) is 0. The van der Waals surface area contributed by atoms with Crippen LogP contribution < -0.4 is 4.90 Å². The minimum atomic E-state index is -0.275. The van der Waals surface area contributed by atoms with Crippen LogP contribution in [0.1, 0.15) is 5.56 Å². The third-order valence-corrected chi connectivity index (χ3v) is 7.10. The SMILES string of the molecule is Cc1cccc2sc(N(CCN3CCOCC3)C(=O)CSc3ccc(F)cc3)nc12.Cl. The van der Waals surface area contributed by atoms with E-state index in [4.69, 9.17) is 9.72 Å². The van der Waals surface area contributed by atoms with Gasteiger partial charge in [-0.25, -0.2) is 9.37 Å². The summed E-state index contributed by atoms with van der Waals surface area (Å²) < 4.78 is 19.7. The first-order chi connectivity index (χ1) is 14.6. The zero-order chi connectivity index (χ0) is 20.9. The zero-order valence-corrected chi connectivity index (χ0v) is 19.7. The maximum atomic E-state index is 13.2. The van der Waals surface area contributed by atoms with E-state index in [0.717, 1.165) is 58.7 Å². The summed E-state index contributed by atoms with van der Waals surface area (Å²) >= 11 is 2.97. The number of thiazole rings is 1. The summed E-state index contributed by atoms with van der Waals surface area (Å²) in [5.74, 6) is 0.0147. The Bertz CT molecular complexity index is 1010. The number of nitrogens with zero attached hydrogens (tertiary/aromatic N) is 3. The third-order valence-electron chi connectivity index (χ3n) is 5.06. The molecule has 1 aliphatic rings. The van der Waals surface area contributed by atoms with Gasteiger partial charge in [-0.05, 0) is 42.8 Å². The van der Waals surface area contributed by atoms with Crippen LogP contribution in [0.2, 0.25) is 0 Å². The molecule has 1 aromatic heterocycles. The number of ether oxygens (including phenoxy) is 1. The molecule has 0 aliphatic carbocycles.